The van der Waals surface area contributed by atoms with Crippen LogP contribution in [0.15, 0.2) is 24.3 Å². The number of carbonyl (C=O) groups excluding carboxylic acids is 2. The molecule has 2 rings (SSSR count). The van der Waals surface area contributed by atoms with Gasteiger partial charge in [0.05, 0.1) is 7.11 Å². The lowest BCUT2D eigenvalue weighted by molar-refractivity contribution is -0.142. The Morgan fingerprint density at radius 3 is 2.17 bits per heavy atom. The molecule has 0 aliphatic heterocycles. The Hall–Kier alpha value is -2.04. The molecule has 0 bridgehead atoms. The van der Waals surface area contributed by atoms with Crippen LogP contribution in [0.2, 0.25) is 0 Å². The fourth-order valence-electron chi connectivity index (χ4n) is 2.67. The van der Waals surface area contributed by atoms with Crippen molar-refractivity contribution in [2.75, 3.05) is 7.11 Å². The zero-order valence-corrected chi connectivity index (χ0v) is 14.6. The number of hydrogen-bond donors (Lipinski definition) is 1. The maximum atomic E-state index is 12.7. The number of nitrogens with zero attached hydrogens (tertiary/aromatic N) is 1. The molecule has 1 aliphatic rings. The van der Waals surface area contributed by atoms with Gasteiger partial charge in [-0.05, 0) is 51.3 Å². The lowest BCUT2D eigenvalue weighted by Gasteiger charge is -2.33. The van der Waals surface area contributed by atoms with Crippen LogP contribution in [0.4, 0.5) is 0 Å². The van der Waals surface area contributed by atoms with Gasteiger partial charge in [0.15, 0.2) is 0 Å². The van der Waals surface area contributed by atoms with Gasteiger partial charge in [0.25, 0.3) is 0 Å². The molecule has 0 unspecified atom stereocenters. The van der Waals surface area contributed by atoms with Gasteiger partial charge in [0, 0.05) is 19.0 Å². The van der Waals surface area contributed by atoms with Crippen LogP contribution in [0.5, 0.6) is 5.75 Å². The van der Waals surface area contributed by atoms with Crippen LogP contribution in [-0.4, -0.2) is 34.9 Å². The van der Waals surface area contributed by atoms with E-state index in [4.69, 9.17) is 4.74 Å². The number of rotatable bonds is 5. The molecule has 1 aliphatic carbocycles. The first-order chi connectivity index (χ1) is 10.7. The monoisotopic (exact) mass is 318 g/mol. The van der Waals surface area contributed by atoms with Gasteiger partial charge < -0.3 is 15.0 Å². The third-order valence-corrected chi connectivity index (χ3v) is 4.03. The molecular weight excluding hydrogens is 292 g/mol. The molecule has 126 valence electrons. The number of amides is 2. The van der Waals surface area contributed by atoms with E-state index in [1.54, 1.807) is 12.0 Å². The first-order valence-corrected chi connectivity index (χ1v) is 7.92. The molecule has 1 aromatic rings. The topological polar surface area (TPSA) is 58.6 Å². The highest BCUT2D eigenvalue weighted by molar-refractivity contribution is 5.94. The van der Waals surface area contributed by atoms with E-state index in [0.717, 1.165) is 11.3 Å². The van der Waals surface area contributed by atoms with E-state index in [2.05, 4.69) is 5.32 Å². The predicted octanol–water partition coefficient (Wildman–Crippen LogP) is 2.49. The quantitative estimate of drug-likeness (QED) is 0.907. The van der Waals surface area contributed by atoms with Crippen LogP contribution in [0.1, 0.15) is 46.1 Å². The summed E-state index contributed by atoms with van der Waals surface area (Å²) < 4.78 is 5.15. The summed E-state index contributed by atoms with van der Waals surface area (Å²) in [6.45, 7) is 7.79. The van der Waals surface area contributed by atoms with E-state index in [0.29, 0.717) is 19.4 Å². The van der Waals surface area contributed by atoms with Gasteiger partial charge in [-0.2, -0.15) is 0 Å². The maximum Gasteiger partial charge on any atom is 0.246 e. The fraction of sp³-hybridized carbons (Fsp3) is 0.556. The molecule has 0 radical (unpaired) electrons. The summed E-state index contributed by atoms with van der Waals surface area (Å²) in [5.41, 5.74) is -0.0234. The number of nitrogens with one attached hydrogen (secondary N) is 1. The zero-order chi connectivity index (χ0) is 17.3. The molecule has 5 heteroatoms. The Bertz CT molecular complexity index is 583. The molecule has 1 fully saturated rings. The van der Waals surface area contributed by atoms with Crippen molar-refractivity contribution >= 4 is 11.8 Å². The van der Waals surface area contributed by atoms with Crippen molar-refractivity contribution in [2.24, 2.45) is 0 Å². The van der Waals surface area contributed by atoms with Gasteiger partial charge in [-0.1, -0.05) is 12.1 Å². The molecule has 23 heavy (non-hydrogen) atoms. The second-order valence-electron chi connectivity index (χ2n) is 7.19. The maximum absolute atomic E-state index is 12.7. The zero-order valence-electron chi connectivity index (χ0n) is 14.6. The second kappa shape index (κ2) is 6.22. The Labute approximate surface area is 138 Å². The molecule has 1 saturated carbocycles. The Balaban J connectivity index is 2.17. The lowest BCUT2D eigenvalue weighted by atomic mass is 10.1. The molecular formula is C18H26N2O3. The Kier molecular flexibility index (Phi) is 4.68. The average Bonchev–Trinajstić information content (AvgIpc) is 3.25. The Morgan fingerprint density at radius 1 is 1.22 bits per heavy atom. The summed E-state index contributed by atoms with van der Waals surface area (Å²) in [5.74, 6) is 0.630. The molecule has 1 N–H and O–H groups in total. The third-order valence-electron chi connectivity index (χ3n) is 4.03. The molecule has 0 aromatic heterocycles. The highest BCUT2D eigenvalue weighted by atomic mass is 16.5. The number of ether oxygens (including phenoxy) is 1. The van der Waals surface area contributed by atoms with Crippen LogP contribution in [0, 0.1) is 0 Å². The lowest BCUT2D eigenvalue weighted by Crippen LogP contribution is -2.55. The third kappa shape index (κ3) is 4.03. The number of carbonyl (C=O) groups is 2. The van der Waals surface area contributed by atoms with Crippen LogP contribution < -0.4 is 10.1 Å². The van der Waals surface area contributed by atoms with Crippen LogP contribution in [0.25, 0.3) is 0 Å². The van der Waals surface area contributed by atoms with Gasteiger partial charge >= 0.3 is 0 Å². The van der Waals surface area contributed by atoms with Gasteiger partial charge in [0.1, 0.15) is 11.3 Å². The normalized spacial score (nSPS) is 15.7. The first-order valence-electron chi connectivity index (χ1n) is 7.92. The molecule has 0 saturated heterocycles. The molecule has 0 atom stereocenters. The van der Waals surface area contributed by atoms with Gasteiger partial charge in [-0.25, -0.2) is 0 Å². The molecule has 5 nitrogen and oxygen atoms in total. The molecule has 0 heterocycles. The standard InChI is InChI=1S/C18H26N2O3/c1-13(21)20(12-14-6-8-15(23-5)9-7-14)18(10-11-18)16(22)19-17(2,3)4/h6-9H,10-12H2,1-5H3,(H,19,22). The van der Waals surface area contributed by atoms with E-state index >= 15 is 0 Å². The van der Waals surface area contributed by atoms with E-state index in [-0.39, 0.29) is 17.4 Å². The van der Waals surface area contributed by atoms with Gasteiger partial charge in [-0.3, -0.25) is 9.59 Å². The SMILES string of the molecule is COc1ccc(CN(C(C)=O)C2(C(=O)NC(C)(C)C)CC2)cc1. The van der Waals surface area contributed by atoms with Crippen LogP contribution in [-0.2, 0) is 16.1 Å². The van der Waals surface area contributed by atoms with E-state index in [1.165, 1.54) is 6.92 Å². The minimum atomic E-state index is -0.695. The highest BCUT2D eigenvalue weighted by Crippen LogP contribution is 2.43. The van der Waals surface area contributed by atoms with Crippen molar-refractivity contribution in [1.82, 2.24) is 10.2 Å². The average molecular weight is 318 g/mol. The van der Waals surface area contributed by atoms with Crippen molar-refractivity contribution in [3.63, 3.8) is 0 Å². The molecule has 1 aromatic carbocycles. The summed E-state index contributed by atoms with van der Waals surface area (Å²) >= 11 is 0. The van der Waals surface area contributed by atoms with Crippen LogP contribution in [0.3, 0.4) is 0 Å². The minimum absolute atomic E-state index is 0.0614. The number of benzene rings is 1. The smallest absolute Gasteiger partial charge is 0.246 e. The second-order valence-corrected chi connectivity index (χ2v) is 7.19. The van der Waals surface area contributed by atoms with Crippen molar-refractivity contribution < 1.29 is 14.3 Å². The summed E-state index contributed by atoms with van der Waals surface area (Å²) in [7, 11) is 1.62. The summed E-state index contributed by atoms with van der Waals surface area (Å²) in [6.07, 6.45) is 1.43. The largest absolute Gasteiger partial charge is 0.497 e. The Morgan fingerprint density at radius 2 is 1.78 bits per heavy atom. The van der Waals surface area contributed by atoms with Crippen LogP contribution >= 0.6 is 0 Å². The minimum Gasteiger partial charge on any atom is -0.497 e. The van der Waals surface area contributed by atoms with E-state index in [9.17, 15) is 9.59 Å². The van der Waals surface area contributed by atoms with Crippen molar-refractivity contribution in [3.05, 3.63) is 29.8 Å². The molecule has 2 amide bonds. The van der Waals surface area contributed by atoms with E-state index < -0.39 is 5.54 Å². The predicted molar refractivity (Wildman–Crippen MR) is 89.1 cm³/mol. The van der Waals surface area contributed by atoms with Gasteiger partial charge in [0.2, 0.25) is 11.8 Å². The fourth-order valence-corrected chi connectivity index (χ4v) is 2.67. The summed E-state index contributed by atoms with van der Waals surface area (Å²) in [6, 6.07) is 7.57. The van der Waals surface area contributed by atoms with Crippen molar-refractivity contribution in [3.8, 4) is 5.75 Å². The highest BCUT2D eigenvalue weighted by Gasteiger charge is 2.56. The summed E-state index contributed by atoms with van der Waals surface area (Å²) in [4.78, 5) is 26.5. The summed E-state index contributed by atoms with van der Waals surface area (Å²) in [5, 5.41) is 3.01. The number of hydrogen-bond acceptors (Lipinski definition) is 3. The van der Waals surface area contributed by atoms with Crippen molar-refractivity contribution in [2.45, 2.75) is 58.2 Å². The molecule has 0 spiro atoms. The number of methoxy groups -OCH3 is 1. The van der Waals surface area contributed by atoms with Crippen molar-refractivity contribution in [1.29, 1.82) is 0 Å². The van der Waals surface area contributed by atoms with Gasteiger partial charge in [-0.15, -0.1) is 0 Å². The van der Waals surface area contributed by atoms with E-state index in [1.807, 2.05) is 45.0 Å². The first kappa shape index (κ1) is 17.3.